The second-order valence-electron chi connectivity index (χ2n) is 16.6. The van der Waals surface area contributed by atoms with Gasteiger partial charge in [-0.1, -0.05) is 149 Å². The molecule has 0 spiro atoms. The second-order valence-corrected chi connectivity index (χ2v) is 17.6. The minimum Gasteiger partial charge on any atom is -0.310 e. The van der Waals surface area contributed by atoms with Crippen molar-refractivity contribution in [2.24, 2.45) is 0 Å². The minimum absolute atomic E-state index is 0.0389. The van der Waals surface area contributed by atoms with Gasteiger partial charge in [0.1, 0.15) is 0 Å². The lowest BCUT2D eigenvalue weighted by Gasteiger charge is -2.27. The monoisotopic (exact) mass is 735 g/mol. The van der Waals surface area contributed by atoms with Crippen LogP contribution in [0.15, 0.2) is 176 Å². The maximum atomic E-state index is 2.44. The quantitative estimate of drug-likeness (QED) is 0.170. The molecule has 268 valence electrons. The molecule has 9 aromatic rings. The normalized spacial score (nSPS) is 14.4. The summed E-state index contributed by atoms with van der Waals surface area (Å²) >= 11 is 1.93. The van der Waals surface area contributed by atoms with E-state index in [1.807, 2.05) is 11.3 Å². The summed E-state index contributed by atoms with van der Waals surface area (Å²) in [7, 11) is 0. The number of anilines is 3. The van der Waals surface area contributed by atoms with Gasteiger partial charge in [-0.15, -0.1) is 11.3 Å². The first-order chi connectivity index (χ1) is 27.3. The van der Waals surface area contributed by atoms with Crippen LogP contribution < -0.4 is 4.90 Å². The van der Waals surface area contributed by atoms with Crippen molar-refractivity contribution >= 4 is 49.3 Å². The first kappa shape index (κ1) is 33.1. The number of benzene rings is 8. The van der Waals surface area contributed by atoms with E-state index in [0.29, 0.717) is 0 Å². The predicted octanol–water partition coefficient (Wildman–Crippen LogP) is 15.5. The molecule has 0 saturated heterocycles. The van der Waals surface area contributed by atoms with Crippen LogP contribution in [0.4, 0.5) is 17.1 Å². The van der Waals surface area contributed by atoms with Crippen LogP contribution in [0.2, 0.25) is 0 Å². The van der Waals surface area contributed by atoms with E-state index < -0.39 is 0 Å². The Balaban J connectivity index is 0.994. The SMILES string of the molecule is CC1(C)c2ccccc2-c2cc(N(c3ccc(-c4ccccc4)cc3)c3ccc4cc(-c5ccc6c(c5)C(C)(C)c5c-6sc6ccccc56)ccc4c3)ccc21. The van der Waals surface area contributed by atoms with E-state index in [2.05, 4.69) is 209 Å². The summed E-state index contributed by atoms with van der Waals surface area (Å²) in [5.74, 6) is 0. The van der Waals surface area contributed by atoms with Crippen LogP contribution >= 0.6 is 11.3 Å². The van der Waals surface area contributed by atoms with Gasteiger partial charge in [-0.05, 0) is 132 Å². The Hall–Kier alpha value is -6.22. The summed E-state index contributed by atoms with van der Waals surface area (Å²) in [4.78, 5) is 3.85. The fraction of sp³-hybridized carbons (Fsp3) is 0.111. The Bertz CT molecular complexity index is 3020. The average Bonchev–Trinajstić information content (AvgIpc) is 3.81. The van der Waals surface area contributed by atoms with Crippen molar-refractivity contribution in [1.29, 1.82) is 0 Å². The van der Waals surface area contributed by atoms with Crippen molar-refractivity contribution in [3.8, 4) is 43.8 Å². The number of hydrogen-bond acceptors (Lipinski definition) is 2. The van der Waals surface area contributed by atoms with Crippen LogP contribution in [0.25, 0.3) is 64.7 Å². The van der Waals surface area contributed by atoms with E-state index >= 15 is 0 Å². The number of thiophene rings is 1. The molecule has 0 radical (unpaired) electrons. The van der Waals surface area contributed by atoms with Crippen LogP contribution in [0.5, 0.6) is 0 Å². The Morgan fingerprint density at radius 1 is 0.393 bits per heavy atom. The van der Waals surface area contributed by atoms with Gasteiger partial charge < -0.3 is 4.90 Å². The molecule has 1 nitrogen and oxygen atoms in total. The van der Waals surface area contributed by atoms with Crippen molar-refractivity contribution in [3.05, 3.63) is 198 Å². The molecule has 0 amide bonds. The zero-order valence-corrected chi connectivity index (χ0v) is 32.9. The Labute approximate surface area is 333 Å². The van der Waals surface area contributed by atoms with E-state index in [0.717, 1.165) is 17.1 Å². The molecule has 56 heavy (non-hydrogen) atoms. The molecule has 2 heteroatoms. The van der Waals surface area contributed by atoms with Gasteiger partial charge in [0, 0.05) is 37.5 Å². The summed E-state index contributed by atoms with van der Waals surface area (Å²) in [5.41, 5.74) is 18.0. The maximum Gasteiger partial charge on any atom is 0.0468 e. The first-order valence-electron chi connectivity index (χ1n) is 19.7. The Kier molecular flexibility index (Phi) is 7.18. The van der Waals surface area contributed by atoms with Gasteiger partial charge in [0.05, 0.1) is 0 Å². The maximum absolute atomic E-state index is 2.44. The molecule has 2 aliphatic rings. The highest BCUT2D eigenvalue weighted by molar-refractivity contribution is 7.22. The highest BCUT2D eigenvalue weighted by Gasteiger charge is 2.39. The van der Waals surface area contributed by atoms with Gasteiger partial charge in [0.15, 0.2) is 0 Å². The number of nitrogens with zero attached hydrogens (tertiary/aromatic N) is 1. The summed E-state index contributed by atoms with van der Waals surface area (Å²) < 4.78 is 1.38. The second kappa shape index (κ2) is 12.1. The standard InChI is InChI=1S/C54H41NS/c1-53(2)47-16-10-8-14-43(47)46-33-42(27-29-48(46)53)55(40-24-20-35(21-25-40)34-12-6-5-7-13-34)41-26-22-37-30-36(18-19-38(37)31-41)39-23-28-44-49(32-39)54(3,4)51-45-15-9-11-17-50(45)56-52(44)51/h5-33H,1-4H3. The lowest BCUT2D eigenvalue weighted by molar-refractivity contribution is 0.660. The molecule has 0 N–H and O–H groups in total. The molecular formula is C54H41NS. The van der Waals surface area contributed by atoms with Crippen molar-refractivity contribution in [1.82, 2.24) is 0 Å². The van der Waals surface area contributed by atoms with E-state index in [-0.39, 0.29) is 10.8 Å². The fourth-order valence-corrected chi connectivity index (χ4v) is 11.1. The van der Waals surface area contributed by atoms with Crippen molar-refractivity contribution < 1.29 is 0 Å². The van der Waals surface area contributed by atoms with Crippen LogP contribution in [-0.4, -0.2) is 0 Å². The highest BCUT2D eigenvalue weighted by atomic mass is 32.1. The van der Waals surface area contributed by atoms with E-state index in [4.69, 9.17) is 0 Å². The summed E-state index contributed by atoms with van der Waals surface area (Å²) in [5, 5.41) is 3.85. The molecule has 0 aliphatic heterocycles. The van der Waals surface area contributed by atoms with E-state index in [1.54, 1.807) is 0 Å². The molecule has 0 bridgehead atoms. The van der Waals surface area contributed by atoms with Crippen molar-refractivity contribution in [2.45, 2.75) is 38.5 Å². The van der Waals surface area contributed by atoms with E-state index in [1.165, 1.54) is 86.9 Å². The minimum atomic E-state index is -0.0514. The molecule has 1 aromatic heterocycles. The smallest absolute Gasteiger partial charge is 0.0468 e. The molecular weight excluding hydrogens is 695 g/mol. The van der Waals surface area contributed by atoms with Gasteiger partial charge in [-0.2, -0.15) is 0 Å². The fourth-order valence-electron chi connectivity index (χ4n) is 9.71. The molecule has 11 rings (SSSR count). The molecule has 2 aliphatic carbocycles. The topological polar surface area (TPSA) is 3.24 Å². The number of fused-ring (bicyclic) bond motifs is 9. The van der Waals surface area contributed by atoms with Gasteiger partial charge in [0.2, 0.25) is 0 Å². The van der Waals surface area contributed by atoms with Gasteiger partial charge in [-0.25, -0.2) is 0 Å². The third-order valence-electron chi connectivity index (χ3n) is 12.6. The number of hydrogen-bond donors (Lipinski definition) is 0. The molecule has 0 saturated carbocycles. The molecule has 0 unspecified atom stereocenters. The van der Waals surface area contributed by atoms with Crippen molar-refractivity contribution in [3.63, 3.8) is 0 Å². The average molecular weight is 736 g/mol. The van der Waals surface area contributed by atoms with Gasteiger partial charge in [-0.3, -0.25) is 0 Å². The molecule has 8 aromatic carbocycles. The highest BCUT2D eigenvalue weighted by Crippen LogP contribution is 2.56. The zero-order valence-electron chi connectivity index (χ0n) is 32.1. The summed E-state index contributed by atoms with van der Waals surface area (Å²) in [6.45, 7) is 9.48. The summed E-state index contributed by atoms with van der Waals surface area (Å²) in [6, 6.07) is 65.5. The molecule has 1 heterocycles. The molecule has 0 fully saturated rings. The lowest BCUT2D eigenvalue weighted by atomic mass is 9.80. The van der Waals surface area contributed by atoms with Crippen molar-refractivity contribution in [2.75, 3.05) is 4.90 Å². The van der Waals surface area contributed by atoms with E-state index in [9.17, 15) is 0 Å². The van der Waals surface area contributed by atoms with Gasteiger partial charge >= 0.3 is 0 Å². The largest absolute Gasteiger partial charge is 0.310 e. The third kappa shape index (κ3) is 4.92. The Morgan fingerprint density at radius 2 is 1.00 bits per heavy atom. The lowest BCUT2D eigenvalue weighted by Crippen LogP contribution is -2.15. The van der Waals surface area contributed by atoms with Crippen LogP contribution in [0.3, 0.4) is 0 Å². The Morgan fingerprint density at radius 3 is 1.86 bits per heavy atom. The van der Waals surface area contributed by atoms with Crippen LogP contribution in [0.1, 0.15) is 49.9 Å². The first-order valence-corrected chi connectivity index (χ1v) is 20.5. The number of rotatable bonds is 5. The zero-order chi connectivity index (χ0) is 37.8. The summed E-state index contributed by atoms with van der Waals surface area (Å²) in [6.07, 6.45) is 0. The van der Waals surface area contributed by atoms with Gasteiger partial charge in [0.25, 0.3) is 0 Å². The molecule has 0 atom stereocenters. The third-order valence-corrected chi connectivity index (χ3v) is 13.8. The predicted molar refractivity (Wildman–Crippen MR) is 240 cm³/mol. The van der Waals surface area contributed by atoms with Crippen LogP contribution in [-0.2, 0) is 10.8 Å². The van der Waals surface area contributed by atoms with Crippen LogP contribution in [0, 0.1) is 0 Å².